The maximum absolute atomic E-state index is 14.2. The first-order valence-corrected chi connectivity index (χ1v) is 13.1. The van der Waals surface area contributed by atoms with Crippen LogP contribution in [0.2, 0.25) is 5.02 Å². The maximum Gasteiger partial charge on any atom is 0.250 e. The van der Waals surface area contributed by atoms with Crippen molar-refractivity contribution in [2.75, 3.05) is 10.2 Å². The molecule has 4 heterocycles. The number of rotatable bonds is 4. The highest BCUT2D eigenvalue weighted by Gasteiger charge is 2.70. The number of ketones is 1. The number of carbonyl (C=O) groups is 4. The van der Waals surface area contributed by atoms with E-state index in [1.54, 1.807) is 42.5 Å². The normalized spacial score (nSPS) is 25.4. The Hall–Kier alpha value is -4.27. The number of anilines is 2. The Kier molecular flexibility index (Phi) is 5.11. The highest BCUT2D eigenvalue weighted by atomic mass is 35.5. The lowest BCUT2D eigenvalue weighted by Crippen LogP contribution is -2.53. The SMILES string of the molecule is CC(=O)c1ccc(N2C(=O)[C@@H]3C(Cc4c[nH]c5ccccc45)NC4(C(=O)Nc5ccc(Cl)cc54)[C@@H]3C2=O)cc1. The number of hydrogen-bond acceptors (Lipinski definition) is 5. The van der Waals surface area contributed by atoms with Gasteiger partial charge in [-0.25, -0.2) is 4.90 Å². The summed E-state index contributed by atoms with van der Waals surface area (Å²) >= 11 is 6.36. The second-order valence-electron chi connectivity index (χ2n) is 10.4. The van der Waals surface area contributed by atoms with Crippen LogP contribution in [0.25, 0.3) is 10.9 Å². The number of carbonyl (C=O) groups excluding carboxylic acids is 4. The molecule has 2 fully saturated rings. The van der Waals surface area contributed by atoms with Crippen LogP contribution in [0.4, 0.5) is 11.4 Å². The van der Waals surface area contributed by atoms with E-state index in [9.17, 15) is 19.2 Å². The van der Waals surface area contributed by atoms with Crippen LogP contribution in [0.3, 0.4) is 0 Å². The Bertz CT molecular complexity index is 1730. The van der Waals surface area contributed by atoms with Gasteiger partial charge in [-0.1, -0.05) is 29.8 Å². The van der Waals surface area contributed by atoms with E-state index in [1.165, 1.54) is 11.8 Å². The molecular formula is C30H23ClN4O4. The first-order chi connectivity index (χ1) is 18.8. The summed E-state index contributed by atoms with van der Waals surface area (Å²) in [5.74, 6) is -3.11. The molecule has 9 heteroatoms. The summed E-state index contributed by atoms with van der Waals surface area (Å²) < 4.78 is 0. The molecule has 3 aromatic carbocycles. The highest BCUT2D eigenvalue weighted by molar-refractivity contribution is 6.31. The summed E-state index contributed by atoms with van der Waals surface area (Å²) in [6, 6.07) is 18.8. The van der Waals surface area contributed by atoms with E-state index in [0.717, 1.165) is 16.5 Å². The molecule has 3 amide bonds. The lowest BCUT2D eigenvalue weighted by Gasteiger charge is -2.29. The van der Waals surface area contributed by atoms with Gasteiger partial charge in [0.05, 0.1) is 17.5 Å². The van der Waals surface area contributed by atoms with E-state index in [0.29, 0.717) is 33.9 Å². The predicted molar refractivity (Wildman–Crippen MR) is 147 cm³/mol. The van der Waals surface area contributed by atoms with Gasteiger partial charge in [0.15, 0.2) is 5.78 Å². The molecule has 4 atom stereocenters. The third kappa shape index (κ3) is 3.28. The molecule has 39 heavy (non-hydrogen) atoms. The van der Waals surface area contributed by atoms with Crippen molar-refractivity contribution in [2.24, 2.45) is 11.8 Å². The van der Waals surface area contributed by atoms with Gasteiger partial charge in [-0.05, 0) is 67.4 Å². The third-order valence-electron chi connectivity index (χ3n) is 8.32. The van der Waals surface area contributed by atoms with Crippen LogP contribution >= 0.6 is 11.6 Å². The monoisotopic (exact) mass is 538 g/mol. The van der Waals surface area contributed by atoms with E-state index in [4.69, 9.17) is 11.6 Å². The fraction of sp³-hybridized carbons (Fsp3) is 0.200. The Morgan fingerprint density at radius 3 is 2.54 bits per heavy atom. The number of Topliss-reactive ketones (excluding diaryl/α,β-unsaturated/α-hetero) is 1. The van der Waals surface area contributed by atoms with Crippen molar-refractivity contribution >= 4 is 57.4 Å². The molecule has 3 N–H and O–H groups in total. The van der Waals surface area contributed by atoms with Gasteiger partial charge in [0.25, 0.3) is 0 Å². The molecule has 1 aromatic heterocycles. The number of H-pyrrole nitrogens is 1. The average molecular weight is 539 g/mol. The van der Waals surface area contributed by atoms with Gasteiger partial charge in [0.2, 0.25) is 17.7 Å². The fourth-order valence-corrected chi connectivity index (χ4v) is 6.76. The zero-order chi connectivity index (χ0) is 27.1. The summed E-state index contributed by atoms with van der Waals surface area (Å²) in [6.45, 7) is 1.46. The maximum atomic E-state index is 14.2. The van der Waals surface area contributed by atoms with Crippen molar-refractivity contribution in [3.63, 3.8) is 0 Å². The number of aromatic amines is 1. The van der Waals surface area contributed by atoms with Gasteiger partial charge in [0, 0.05) is 45.0 Å². The number of imide groups is 1. The Balaban J connectivity index is 1.36. The van der Waals surface area contributed by atoms with Crippen molar-refractivity contribution in [2.45, 2.75) is 24.9 Å². The molecule has 2 saturated heterocycles. The number of fused-ring (bicyclic) bond motifs is 5. The molecular weight excluding hydrogens is 516 g/mol. The molecule has 4 aromatic rings. The van der Waals surface area contributed by atoms with Crippen molar-refractivity contribution in [1.29, 1.82) is 0 Å². The minimum atomic E-state index is -1.46. The molecule has 3 aliphatic heterocycles. The largest absolute Gasteiger partial charge is 0.361 e. The molecule has 2 unspecified atom stereocenters. The highest BCUT2D eigenvalue weighted by Crippen LogP contribution is 2.54. The number of para-hydroxylation sites is 1. The molecule has 0 saturated carbocycles. The average Bonchev–Trinajstić information content (AvgIpc) is 3.63. The number of halogens is 1. The van der Waals surface area contributed by atoms with Gasteiger partial charge in [-0.15, -0.1) is 0 Å². The molecule has 8 nitrogen and oxygen atoms in total. The van der Waals surface area contributed by atoms with Gasteiger partial charge in [0.1, 0.15) is 5.54 Å². The molecule has 0 radical (unpaired) electrons. The quantitative estimate of drug-likeness (QED) is 0.266. The predicted octanol–water partition coefficient (Wildman–Crippen LogP) is 4.19. The Morgan fingerprint density at radius 2 is 1.77 bits per heavy atom. The van der Waals surface area contributed by atoms with Crippen molar-refractivity contribution in [3.05, 3.63) is 94.6 Å². The second-order valence-corrected chi connectivity index (χ2v) is 10.8. The molecule has 194 valence electrons. The minimum absolute atomic E-state index is 0.115. The molecule has 3 aliphatic rings. The van der Waals surface area contributed by atoms with Crippen molar-refractivity contribution < 1.29 is 19.2 Å². The fourth-order valence-electron chi connectivity index (χ4n) is 6.59. The van der Waals surface area contributed by atoms with E-state index >= 15 is 0 Å². The summed E-state index contributed by atoms with van der Waals surface area (Å²) in [6.07, 6.45) is 2.33. The Labute approximate surface area is 228 Å². The van der Waals surface area contributed by atoms with Crippen LogP contribution in [-0.4, -0.2) is 34.5 Å². The van der Waals surface area contributed by atoms with E-state index < -0.39 is 29.3 Å². The smallest absolute Gasteiger partial charge is 0.250 e. The standard InChI is InChI=1S/C30H23ClN4O4/c1-15(36)16-6-9-19(10-7-16)35-27(37)25-24(12-17-14-32-22-5-3-2-4-20(17)22)34-30(26(25)28(35)38)21-13-18(31)8-11-23(21)33-29(30)39/h2-11,13-14,24-26,32,34H,12H2,1H3,(H,33,39)/t24?,25-,26+,30?/m1/s1. The van der Waals surface area contributed by atoms with Crippen molar-refractivity contribution in [3.8, 4) is 0 Å². The zero-order valence-corrected chi connectivity index (χ0v) is 21.6. The lowest BCUT2D eigenvalue weighted by molar-refractivity contribution is -0.130. The molecule has 1 spiro atoms. The van der Waals surface area contributed by atoms with E-state index in [2.05, 4.69) is 15.6 Å². The number of aromatic nitrogens is 1. The zero-order valence-electron chi connectivity index (χ0n) is 20.8. The number of benzene rings is 3. The minimum Gasteiger partial charge on any atom is -0.361 e. The number of nitrogens with one attached hydrogen (secondary N) is 3. The van der Waals surface area contributed by atoms with Crippen LogP contribution in [0.5, 0.6) is 0 Å². The van der Waals surface area contributed by atoms with Crippen LogP contribution in [0.1, 0.15) is 28.4 Å². The van der Waals surface area contributed by atoms with Gasteiger partial charge in [-0.3, -0.25) is 24.5 Å². The van der Waals surface area contributed by atoms with Crippen LogP contribution < -0.4 is 15.5 Å². The van der Waals surface area contributed by atoms with Crippen LogP contribution in [-0.2, 0) is 26.3 Å². The molecule has 7 rings (SSSR count). The summed E-state index contributed by atoms with van der Waals surface area (Å²) in [5.41, 5.74) is 2.46. The number of nitrogens with zero attached hydrogens (tertiary/aromatic N) is 1. The van der Waals surface area contributed by atoms with Gasteiger partial charge < -0.3 is 10.3 Å². The first kappa shape index (κ1) is 23.8. The van der Waals surface area contributed by atoms with Gasteiger partial charge in [-0.2, -0.15) is 0 Å². The van der Waals surface area contributed by atoms with Gasteiger partial charge >= 0.3 is 0 Å². The number of amides is 3. The second kappa shape index (κ2) is 8.36. The number of hydrogen-bond donors (Lipinski definition) is 3. The lowest BCUT2D eigenvalue weighted by atomic mass is 9.76. The Morgan fingerprint density at radius 1 is 1.00 bits per heavy atom. The van der Waals surface area contributed by atoms with Crippen molar-refractivity contribution in [1.82, 2.24) is 10.3 Å². The summed E-state index contributed by atoms with van der Waals surface area (Å²) in [5, 5.41) is 7.81. The van der Waals surface area contributed by atoms with Crippen LogP contribution in [0.15, 0.2) is 72.9 Å². The summed E-state index contributed by atoms with van der Waals surface area (Å²) in [7, 11) is 0. The summed E-state index contributed by atoms with van der Waals surface area (Å²) in [4.78, 5) is 58.2. The van der Waals surface area contributed by atoms with Crippen LogP contribution in [0, 0.1) is 11.8 Å². The third-order valence-corrected chi connectivity index (χ3v) is 8.56. The molecule has 0 bridgehead atoms. The van der Waals surface area contributed by atoms with E-state index in [-0.39, 0.29) is 17.6 Å². The topological polar surface area (TPSA) is 111 Å². The first-order valence-electron chi connectivity index (χ1n) is 12.7. The molecule has 0 aliphatic carbocycles. The van der Waals surface area contributed by atoms with E-state index in [1.807, 2.05) is 30.5 Å².